The van der Waals surface area contributed by atoms with Gasteiger partial charge in [-0.2, -0.15) is 20.2 Å². The molecule has 0 spiro atoms. The van der Waals surface area contributed by atoms with Gasteiger partial charge < -0.3 is 9.64 Å². The maximum absolute atomic E-state index is 15.1. The Morgan fingerprint density at radius 2 is 1.82 bits per heavy atom. The second kappa shape index (κ2) is 8.81. The van der Waals surface area contributed by atoms with E-state index in [1.807, 2.05) is 18.7 Å². The van der Waals surface area contributed by atoms with Gasteiger partial charge in [-0.25, -0.2) is 9.18 Å². The number of nitrogens with zero attached hydrogens (tertiary/aromatic N) is 2. The Labute approximate surface area is 197 Å². The predicted molar refractivity (Wildman–Crippen MR) is 125 cm³/mol. The summed E-state index contributed by atoms with van der Waals surface area (Å²) in [4.78, 5) is 15.9. The molecule has 3 aliphatic heterocycles. The summed E-state index contributed by atoms with van der Waals surface area (Å²) in [5, 5.41) is 0. The first-order valence-electron chi connectivity index (χ1n) is 10.9. The Morgan fingerprint density at radius 3 is 2.48 bits per heavy atom. The lowest BCUT2D eigenvalue weighted by atomic mass is 10.2. The number of hydrogen-bond acceptors (Lipinski definition) is 7. The van der Waals surface area contributed by atoms with Crippen LogP contribution in [-0.2, 0) is 19.0 Å². The fraction of sp³-hybridized carbons (Fsp3) is 0.435. The van der Waals surface area contributed by atoms with E-state index in [1.165, 1.54) is 23.1 Å². The van der Waals surface area contributed by atoms with Crippen LogP contribution in [0.3, 0.4) is 0 Å². The van der Waals surface area contributed by atoms with E-state index in [2.05, 4.69) is 4.90 Å². The molecule has 2 aromatic carbocycles. The molecule has 0 radical (unpaired) electrons. The maximum Gasteiger partial charge on any atom is 0.414 e. The van der Waals surface area contributed by atoms with Crippen LogP contribution < -0.4 is 9.80 Å². The summed E-state index contributed by atoms with van der Waals surface area (Å²) >= 11 is 1.92. The van der Waals surface area contributed by atoms with Crippen LogP contribution in [0.4, 0.5) is 20.6 Å². The number of fused-ring (bicyclic) bond motifs is 2. The summed E-state index contributed by atoms with van der Waals surface area (Å²) in [5.41, 5.74) is 1.88. The highest BCUT2D eigenvalue weighted by Crippen LogP contribution is 2.40. The first-order valence-corrected chi connectivity index (χ1v) is 13.5. The average Bonchev–Trinajstić information content (AvgIpc) is 3.27. The van der Waals surface area contributed by atoms with Crippen molar-refractivity contribution in [3.63, 3.8) is 0 Å². The van der Waals surface area contributed by atoms with E-state index in [-0.39, 0.29) is 23.9 Å². The quantitative estimate of drug-likeness (QED) is 0.565. The van der Waals surface area contributed by atoms with Crippen LogP contribution in [0.25, 0.3) is 0 Å². The zero-order valence-electron chi connectivity index (χ0n) is 18.1. The zero-order valence-corrected chi connectivity index (χ0v) is 19.8. The number of amides is 1. The van der Waals surface area contributed by atoms with E-state index in [0.717, 1.165) is 29.9 Å². The average molecular weight is 493 g/mol. The topological polar surface area (TPSA) is 76.2 Å². The molecule has 2 bridgehead atoms. The minimum atomic E-state index is -3.97. The van der Waals surface area contributed by atoms with Gasteiger partial charge in [-0.15, -0.1) is 0 Å². The number of benzene rings is 2. The molecule has 3 fully saturated rings. The number of carbonyl (C=O) groups excluding carboxylic acids is 1. The third kappa shape index (κ3) is 4.43. The SMILES string of the molecule is Cc1ccc(S(=O)(=O)OC[C@H]2CN(c3ccc(N4C5CCC4CSC5)c(F)c3)C(=O)O2)cc1. The number of aryl methyl sites for hydroxylation is 1. The van der Waals surface area contributed by atoms with Crippen molar-refractivity contribution in [2.45, 2.75) is 42.8 Å². The first kappa shape index (κ1) is 22.5. The number of carbonyl (C=O) groups is 1. The lowest BCUT2D eigenvalue weighted by Crippen LogP contribution is -2.43. The van der Waals surface area contributed by atoms with Crippen LogP contribution in [-0.4, -0.2) is 57.4 Å². The van der Waals surface area contributed by atoms with Gasteiger partial charge in [-0.05, 0) is 50.1 Å². The van der Waals surface area contributed by atoms with E-state index >= 15 is 4.39 Å². The highest BCUT2D eigenvalue weighted by Gasteiger charge is 2.39. The van der Waals surface area contributed by atoms with Crippen molar-refractivity contribution in [3.05, 3.63) is 53.8 Å². The maximum atomic E-state index is 15.1. The Hall–Kier alpha value is -2.30. The van der Waals surface area contributed by atoms with Crippen molar-refractivity contribution in [1.82, 2.24) is 0 Å². The standard InChI is InChI=1S/C23H25FN2O5S2/c1-15-2-7-20(8-3-15)33(28,29)30-12-19-11-25(23(27)31-19)16-6-9-22(21(24)10-16)26-17-4-5-18(26)14-32-13-17/h2-3,6-10,17-19H,4-5,11-14H2,1H3/t17?,18?,19-/m1/s1. The zero-order chi connectivity index (χ0) is 23.2. The number of ether oxygens (including phenoxy) is 1. The Balaban J connectivity index is 1.25. The number of thioether (sulfide) groups is 1. The molecule has 10 heteroatoms. The van der Waals surface area contributed by atoms with E-state index < -0.39 is 22.3 Å². The normalized spacial score (nSPS) is 24.9. The minimum absolute atomic E-state index is 0.0389. The summed E-state index contributed by atoms with van der Waals surface area (Å²) < 4.78 is 50.2. The molecule has 0 aromatic heterocycles. The van der Waals surface area contributed by atoms with Crippen LogP contribution in [0.1, 0.15) is 18.4 Å². The molecule has 7 nitrogen and oxygen atoms in total. The van der Waals surface area contributed by atoms with Crippen LogP contribution in [0.2, 0.25) is 0 Å². The van der Waals surface area contributed by atoms with E-state index in [1.54, 1.807) is 24.3 Å². The number of cyclic esters (lactones) is 1. The second-order valence-corrected chi connectivity index (χ2v) is 11.3. The Kier molecular flexibility index (Phi) is 6.00. The van der Waals surface area contributed by atoms with Gasteiger partial charge >= 0.3 is 6.09 Å². The molecular weight excluding hydrogens is 467 g/mol. The second-order valence-electron chi connectivity index (χ2n) is 8.63. The van der Waals surface area contributed by atoms with Crippen molar-refractivity contribution >= 4 is 39.3 Å². The molecule has 3 heterocycles. The van der Waals surface area contributed by atoms with Gasteiger partial charge in [-0.3, -0.25) is 9.08 Å². The number of halogens is 1. The van der Waals surface area contributed by atoms with Crippen LogP contribution >= 0.6 is 11.8 Å². The molecule has 3 atom stereocenters. The summed E-state index contributed by atoms with van der Waals surface area (Å²) in [7, 11) is -3.97. The van der Waals surface area contributed by atoms with Crippen molar-refractivity contribution in [2.75, 3.05) is 34.5 Å². The van der Waals surface area contributed by atoms with Gasteiger partial charge in [-0.1, -0.05) is 17.7 Å². The number of rotatable bonds is 6. The molecule has 3 saturated heterocycles. The van der Waals surface area contributed by atoms with Gasteiger partial charge in [0.2, 0.25) is 0 Å². The molecule has 5 rings (SSSR count). The number of hydrogen-bond donors (Lipinski definition) is 0. The van der Waals surface area contributed by atoms with Crippen LogP contribution in [0, 0.1) is 12.7 Å². The molecular formula is C23H25FN2O5S2. The summed E-state index contributed by atoms with van der Waals surface area (Å²) in [6.45, 7) is 1.62. The summed E-state index contributed by atoms with van der Waals surface area (Å²) in [5.74, 6) is 1.64. The van der Waals surface area contributed by atoms with Gasteiger partial charge in [0, 0.05) is 23.6 Å². The van der Waals surface area contributed by atoms with Crippen LogP contribution in [0.15, 0.2) is 47.4 Å². The Morgan fingerprint density at radius 1 is 1.12 bits per heavy atom. The van der Waals surface area contributed by atoms with Crippen molar-refractivity contribution in [1.29, 1.82) is 0 Å². The van der Waals surface area contributed by atoms with E-state index in [4.69, 9.17) is 8.92 Å². The highest BCUT2D eigenvalue weighted by atomic mass is 32.2. The van der Waals surface area contributed by atoms with Crippen LogP contribution in [0.5, 0.6) is 0 Å². The van der Waals surface area contributed by atoms with Crippen molar-refractivity contribution < 1.29 is 26.5 Å². The third-order valence-corrected chi connectivity index (χ3v) is 8.89. The molecule has 33 heavy (non-hydrogen) atoms. The van der Waals surface area contributed by atoms with E-state index in [9.17, 15) is 13.2 Å². The summed E-state index contributed by atoms with van der Waals surface area (Å²) in [6.07, 6.45) is 0.711. The van der Waals surface area contributed by atoms with Gasteiger partial charge in [0.1, 0.15) is 18.5 Å². The first-order chi connectivity index (χ1) is 15.8. The van der Waals surface area contributed by atoms with Crippen molar-refractivity contribution in [2.24, 2.45) is 0 Å². The molecule has 2 aromatic rings. The van der Waals surface area contributed by atoms with Gasteiger partial charge in [0.15, 0.2) is 0 Å². The van der Waals surface area contributed by atoms with Gasteiger partial charge in [0.25, 0.3) is 10.1 Å². The fourth-order valence-electron chi connectivity index (χ4n) is 4.65. The molecule has 2 unspecified atom stereocenters. The van der Waals surface area contributed by atoms with Crippen molar-refractivity contribution in [3.8, 4) is 0 Å². The smallest absolute Gasteiger partial charge is 0.414 e. The molecule has 176 valence electrons. The Bertz CT molecular complexity index is 1140. The number of anilines is 2. The molecule has 0 N–H and O–H groups in total. The molecule has 0 saturated carbocycles. The molecule has 1 amide bonds. The molecule has 0 aliphatic carbocycles. The van der Waals surface area contributed by atoms with E-state index in [0.29, 0.717) is 23.5 Å². The predicted octanol–water partition coefficient (Wildman–Crippen LogP) is 3.95. The summed E-state index contributed by atoms with van der Waals surface area (Å²) in [6, 6.07) is 11.8. The lowest BCUT2D eigenvalue weighted by molar-refractivity contribution is 0.107. The minimum Gasteiger partial charge on any atom is -0.441 e. The van der Waals surface area contributed by atoms with Gasteiger partial charge in [0.05, 0.1) is 22.8 Å². The molecule has 3 aliphatic rings. The third-order valence-electron chi connectivity index (χ3n) is 6.35. The highest BCUT2D eigenvalue weighted by molar-refractivity contribution is 7.99. The lowest BCUT2D eigenvalue weighted by Gasteiger charge is -2.36. The fourth-order valence-corrected chi connectivity index (χ4v) is 6.92. The largest absolute Gasteiger partial charge is 0.441 e. The monoisotopic (exact) mass is 492 g/mol.